The molecular weight excluding hydrogens is 630 g/mol. The fourth-order valence-corrected chi connectivity index (χ4v) is 7.83. The Morgan fingerprint density at radius 3 is 2.04 bits per heavy atom. The first kappa shape index (κ1) is 37.0. The Balaban J connectivity index is 1.50. The van der Waals surface area contributed by atoms with Gasteiger partial charge in [-0.1, -0.05) is 86.6 Å². The van der Waals surface area contributed by atoms with E-state index in [2.05, 4.69) is 34.7 Å². The molecule has 0 bridgehead atoms. The molecule has 0 aliphatic carbocycles. The first-order valence-corrected chi connectivity index (χ1v) is 17.9. The van der Waals surface area contributed by atoms with E-state index in [1.807, 2.05) is 67.7 Å². The normalized spacial score (nSPS) is 17.2. The summed E-state index contributed by atoms with van der Waals surface area (Å²) in [5.74, 6) is -0.527. The average Bonchev–Trinajstić information content (AvgIpc) is 3.58. The van der Waals surface area contributed by atoms with Gasteiger partial charge in [0.05, 0.1) is 24.7 Å². The number of aliphatic hydroxyl groups is 1. The highest BCUT2D eigenvalue weighted by atomic mass is 32.2. The van der Waals surface area contributed by atoms with Crippen LogP contribution in [0.25, 0.3) is 0 Å². The number of carbonyl (C=O) groups excluding carboxylic acids is 2. The molecule has 1 fully saturated rings. The molecule has 0 unspecified atom stereocenters. The number of nitrogens with one attached hydrogen (secondary N) is 3. The quantitative estimate of drug-likeness (QED) is 0.181. The molecule has 4 N–H and O–H groups in total. The SMILES string of the molecule is COC(=O)N[C@H](C(=O)NCCN(C)[C@@H]1CNC[C@H]1N(CCC(C)C)S(=O)(=O)c1ccc(CO)cc1)C(c1ccccc1)c1ccccc1. The van der Waals surface area contributed by atoms with Crippen molar-refractivity contribution in [1.82, 2.24) is 25.2 Å². The standard InChI is InChI=1S/C36H49N5O6S/c1-26(2)19-21-41(48(45,46)30-17-15-27(25-42)16-18-30)32-24-37-23-31(32)40(3)22-20-38-35(43)34(39-36(44)47-4)33(28-11-7-5-8-12-28)29-13-9-6-10-14-29/h5-18,26,31-34,37,42H,19-25H2,1-4H3,(H,38,43)(H,39,44)/t31-,32-,34+/m1/s1. The summed E-state index contributed by atoms with van der Waals surface area (Å²) in [4.78, 5) is 28.6. The molecule has 12 heteroatoms. The van der Waals surface area contributed by atoms with Gasteiger partial charge < -0.3 is 25.8 Å². The first-order chi connectivity index (χ1) is 23.1. The summed E-state index contributed by atoms with van der Waals surface area (Å²) in [6, 6.07) is 24.0. The smallest absolute Gasteiger partial charge is 0.407 e. The molecule has 0 radical (unpaired) electrons. The van der Waals surface area contributed by atoms with Crippen LogP contribution in [-0.4, -0.2) is 99.7 Å². The Morgan fingerprint density at radius 1 is 0.917 bits per heavy atom. The Morgan fingerprint density at radius 2 is 1.50 bits per heavy atom. The second-order valence-electron chi connectivity index (χ2n) is 12.6. The number of sulfonamides is 1. The third kappa shape index (κ3) is 9.42. The lowest BCUT2D eigenvalue weighted by Crippen LogP contribution is -2.54. The number of rotatable bonds is 16. The zero-order chi connectivity index (χ0) is 34.7. The number of aliphatic hydroxyl groups excluding tert-OH is 1. The minimum absolute atomic E-state index is 0.147. The lowest BCUT2D eigenvalue weighted by atomic mass is 9.84. The van der Waals surface area contributed by atoms with Gasteiger partial charge in [-0.3, -0.25) is 9.69 Å². The summed E-state index contributed by atoms with van der Waals surface area (Å²) in [6.07, 6.45) is -0.00657. The molecule has 0 spiro atoms. The molecule has 4 rings (SSSR count). The number of carbonyl (C=O) groups is 2. The number of likely N-dealkylation sites (N-methyl/N-ethyl adjacent to an activating group) is 1. The molecule has 0 aromatic heterocycles. The van der Waals surface area contributed by atoms with Gasteiger partial charge in [0.15, 0.2) is 0 Å². The van der Waals surface area contributed by atoms with Crippen LogP contribution in [0.5, 0.6) is 0 Å². The van der Waals surface area contributed by atoms with Gasteiger partial charge in [-0.2, -0.15) is 4.31 Å². The van der Waals surface area contributed by atoms with E-state index in [4.69, 9.17) is 4.74 Å². The molecule has 3 atom stereocenters. The molecule has 260 valence electrons. The van der Waals surface area contributed by atoms with Crippen LogP contribution < -0.4 is 16.0 Å². The van der Waals surface area contributed by atoms with Gasteiger partial charge in [0.1, 0.15) is 6.04 Å². The molecule has 11 nitrogen and oxygen atoms in total. The summed E-state index contributed by atoms with van der Waals surface area (Å²) in [5, 5.41) is 18.6. The number of methoxy groups -OCH3 is 1. The maximum absolute atomic E-state index is 14.0. The van der Waals surface area contributed by atoms with E-state index >= 15 is 0 Å². The van der Waals surface area contributed by atoms with Crippen LogP contribution in [-0.2, 0) is 26.2 Å². The van der Waals surface area contributed by atoms with Crippen LogP contribution >= 0.6 is 0 Å². The number of ether oxygens (including phenoxy) is 1. The van der Waals surface area contributed by atoms with E-state index in [0.717, 1.165) is 11.1 Å². The topological polar surface area (TPSA) is 140 Å². The van der Waals surface area contributed by atoms with Gasteiger partial charge in [-0.05, 0) is 48.2 Å². The van der Waals surface area contributed by atoms with Gasteiger partial charge in [-0.15, -0.1) is 0 Å². The van der Waals surface area contributed by atoms with Crippen molar-refractivity contribution in [1.29, 1.82) is 0 Å². The Kier molecular flexibility index (Phi) is 13.5. The van der Waals surface area contributed by atoms with Gasteiger partial charge in [-0.25, -0.2) is 13.2 Å². The monoisotopic (exact) mass is 679 g/mol. The lowest BCUT2D eigenvalue weighted by Gasteiger charge is -2.36. The van der Waals surface area contributed by atoms with E-state index in [9.17, 15) is 23.1 Å². The minimum Gasteiger partial charge on any atom is -0.453 e. The molecule has 1 aliphatic heterocycles. The largest absolute Gasteiger partial charge is 0.453 e. The predicted octanol–water partition coefficient (Wildman–Crippen LogP) is 3.16. The molecule has 3 aromatic rings. The van der Waals surface area contributed by atoms with Gasteiger partial charge in [0.2, 0.25) is 15.9 Å². The number of nitrogens with zero attached hydrogens (tertiary/aromatic N) is 2. The Labute approximate surface area is 284 Å². The Bertz CT molecular complexity index is 1520. The number of benzene rings is 3. The molecule has 3 aromatic carbocycles. The van der Waals surface area contributed by atoms with Crippen LogP contribution in [0.2, 0.25) is 0 Å². The zero-order valence-electron chi connectivity index (χ0n) is 28.2. The maximum Gasteiger partial charge on any atom is 0.407 e. The van der Waals surface area contributed by atoms with Crippen molar-refractivity contribution in [3.63, 3.8) is 0 Å². The second-order valence-corrected chi connectivity index (χ2v) is 14.5. The number of alkyl carbamates (subject to hydrolysis) is 1. The van der Waals surface area contributed by atoms with E-state index in [1.165, 1.54) is 7.11 Å². The molecule has 2 amide bonds. The predicted molar refractivity (Wildman–Crippen MR) is 186 cm³/mol. The maximum atomic E-state index is 14.0. The van der Waals surface area contributed by atoms with Crippen LogP contribution in [0.15, 0.2) is 89.8 Å². The van der Waals surface area contributed by atoms with E-state index in [-0.39, 0.29) is 36.0 Å². The van der Waals surface area contributed by atoms with E-state index < -0.39 is 28.1 Å². The lowest BCUT2D eigenvalue weighted by molar-refractivity contribution is -0.123. The molecule has 48 heavy (non-hydrogen) atoms. The average molecular weight is 680 g/mol. The minimum atomic E-state index is -3.83. The van der Waals surface area contributed by atoms with Gasteiger partial charge in [0.25, 0.3) is 0 Å². The van der Waals surface area contributed by atoms with Crippen molar-refractivity contribution in [2.24, 2.45) is 5.92 Å². The van der Waals surface area contributed by atoms with Gasteiger partial charge >= 0.3 is 6.09 Å². The van der Waals surface area contributed by atoms with Crippen LogP contribution in [0.4, 0.5) is 4.79 Å². The summed E-state index contributed by atoms with van der Waals surface area (Å²) in [7, 11) is -0.634. The highest BCUT2D eigenvalue weighted by Gasteiger charge is 2.41. The third-order valence-corrected chi connectivity index (χ3v) is 10.8. The fourth-order valence-electron chi connectivity index (χ4n) is 6.16. The van der Waals surface area contributed by atoms with Crippen molar-refractivity contribution >= 4 is 22.0 Å². The third-order valence-electron chi connectivity index (χ3n) is 8.88. The zero-order valence-corrected chi connectivity index (χ0v) is 29.0. The molecule has 1 aliphatic rings. The van der Waals surface area contributed by atoms with E-state index in [0.29, 0.717) is 44.1 Å². The second kappa shape index (κ2) is 17.5. The summed E-state index contributed by atoms with van der Waals surface area (Å²) in [5.41, 5.74) is 2.38. The van der Waals surface area contributed by atoms with Crippen LogP contribution in [0.1, 0.15) is 42.9 Å². The highest BCUT2D eigenvalue weighted by Crippen LogP contribution is 2.29. The van der Waals surface area contributed by atoms with Crippen molar-refractivity contribution in [3.05, 3.63) is 102 Å². The van der Waals surface area contributed by atoms with Crippen molar-refractivity contribution < 1.29 is 27.9 Å². The number of amides is 2. The molecule has 1 heterocycles. The highest BCUT2D eigenvalue weighted by molar-refractivity contribution is 7.89. The number of hydrogen-bond acceptors (Lipinski definition) is 8. The molecule has 1 saturated heterocycles. The van der Waals surface area contributed by atoms with E-state index in [1.54, 1.807) is 28.6 Å². The number of hydrogen-bond donors (Lipinski definition) is 4. The summed E-state index contributed by atoms with van der Waals surface area (Å²) >= 11 is 0. The van der Waals surface area contributed by atoms with Crippen molar-refractivity contribution in [3.8, 4) is 0 Å². The fraction of sp³-hybridized carbons (Fsp3) is 0.444. The van der Waals surface area contributed by atoms with Crippen molar-refractivity contribution in [2.45, 2.75) is 55.8 Å². The molecular formula is C36H49N5O6S. The van der Waals surface area contributed by atoms with Crippen LogP contribution in [0.3, 0.4) is 0 Å². The van der Waals surface area contributed by atoms with Gasteiger partial charge in [0, 0.05) is 44.7 Å². The molecule has 0 saturated carbocycles. The van der Waals surface area contributed by atoms with Crippen LogP contribution in [0, 0.1) is 5.92 Å². The first-order valence-electron chi connectivity index (χ1n) is 16.4. The van der Waals surface area contributed by atoms with Crippen molar-refractivity contribution in [2.75, 3.05) is 46.9 Å². The summed E-state index contributed by atoms with van der Waals surface area (Å²) < 4.78 is 34.5. The Hall–Kier alpha value is -3.81. The summed E-state index contributed by atoms with van der Waals surface area (Å²) in [6.45, 7) is 6.16.